The van der Waals surface area contributed by atoms with Gasteiger partial charge in [0.2, 0.25) is 0 Å². The maximum absolute atomic E-state index is 5.65. The zero-order valence-electron chi connectivity index (χ0n) is 12.3. The van der Waals surface area contributed by atoms with Crippen molar-refractivity contribution in [3.8, 4) is 17.1 Å². The highest BCUT2D eigenvalue weighted by atomic mass is 16.5. The summed E-state index contributed by atoms with van der Waals surface area (Å²) in [4.78, 5) is 8.84. The number of benzene rings is 1. The van der Waals surface area contributed by atoms with Crippen LogP contribution in [0.25, 0.3) is 11.4 Å². The van der Waals surface area contributed by atoms with Gasteiger partial charge in [-0.25, -0.2) is 9.97 Å². The summed E-state index contributed by atoms with van der Waals surface area (Å²) in [5, 5.41) is 0. The fourth-order valence-electron chi connectivity index (χ4n) is 1.96. The molecule has 2 rings (SSSR count). The zero-order chi connectivity index (χ0) is 14.2. The average molecular weight is 270 g/mol. The van der Waals surface area contributed by atoms with Crippen molar-refractivity contribution in [2.45, 2.75) is 39.5 Å². The molecule has 1 heterocycles. The Morgan fingerprint density at radius 3 is 2.25 bits per heavy atom. The molecule has 0 saturated carbocycles. The van der Waals surface area contributed by atoms with Crippen molar-refractivity contribution in [1.29, 1.82) is 0 Å². The highest BCUT2D eigenvalue weighted by Gasteiger charge is 2.02. The van der Waals surface area contributed by atoms with Crippen molar-refractivity contribution in [1.82, 2.24) is 9.97 Å². The van der Waals surface area contributed by atoms with Gasteiger partial charge in [0, 0.05) is 18.0 Å². The summed E-state index contributed by atoms with van der Waals surface area (Å²) in [6.07, 6.45) is 8.21. The first kappa shape index (κ1) is 14.5. The molecule has 0 amide bonds. The fraction of sp³-hybridized carbons (Fsp3) is 0.412. The summed E-state index contributed by atoms with van der Waals surface area (Å²) in [5.74, 6) is 1.68. The van der Waals surface area contributed by atoms with Gasteiger partial charge in [-0.3, -0.25) is 0 Å². The fourth-order valence-corrected chi connectivity index (χ4v) is 1.96. The van der Waals surface area contributed by atoms with Gasteiger partial charge in [0.05, 0.1) is 6.61 Å². The Kier molecular flexibility index (Phi) is 5.54. The normalized spacial score (nSPS) is 10.5. The molecule has 0 N–H and O–H groups in total. The van der Waals surface area contributed by atoms with E-state index in [1.807, 2.05) is 36.7 Å². The Bertz CT molecular complexity index is 506. The summed E-state index contributed by atoms with van der Waals surface area (Å²) < 4.78 is 5.65. The Morgan fingerprint density at radius 2 is 1.65 bits per heavy atom. The van der Waals surface area contributed by atoms with Crippen LogP contribution >= 0.6 is 0 Å². The van der Waals surface area contributed by atoms with Crippen LogP contribution in [0.4, 0.5) is 0 Å². The van der Waals surface area contributed by atoms with Gasteiger partial charge in [0.25, 0.3) is 0 Å². The third kappa shape index (κ3) is 4.05. The van der Waals surface area contributed by atoms with Gasteiger partial charge in [0.15, 0.2) is 5.82 Å². The molecule has 0 aliphatic heterocycles. The van der Waals surface area contributed by atoms with Crippen LogP contribution in [0.2, 0.25) is 0 Å². The van der Waals surface area contributed by atoms with E-state index in [-0.39, 0.29) is 0 Å². The lowest BCUT2D eigenvalue weighted by Crippen LogP contribution is -1.96. The largest absolute Gasteiger partial charge is 0.494 e. The van der Waals surface area contributed by atoms with E-state index in [1.54, 1.807) is 0 Å². The van der Waals surface area contributed by atoms with Crippen molar-refractivity contribution >= 4 is 0 Å². The first-order valence-corrected chi connectivity index (χ1v) is 7.37. The molecule has 0 aliphatic rings. The molecule has 0 unspecified atom stereocenters. The second-order valence-electron chi connectivity index (χ2n) is 4.89. The summed E-state index contributed by atoms with van der Waals surface area (Å²) in [6, 6.07) is 7.98. The zero-order valence-corrected chi connectivity index (χ0v) is 12.3. The Labute approximate surface area is 121 Å². The minimum absolute atomic E-state index is 0.768. The smallest absolute Gasteiger partial charge is 0.159 e. The van der Waals surface area contributed by atoms with Crippen molar-refractivity contribution in [3.05, 3.63) is 42.2 Å². The molecule has 2 aromatic rings. The molecule has 3 heteroatoms. The van der Waals surface area contributed by atoms with Crippen LogP contribution in [0.15, 0.2) is 36.7 Å². The molecule has 0 saturated heterocycles. The van der Waals surface area contributed by atoms with Crippen molar-refractivity contribution in [2.75, 3.05) is 6.61 Å². The number of ether oxygens (including phenoxy) is 1. The standard InChI is InChI=1S/C17H22N2O/c1-3-5-11-20-16-9-7-15(8-10-16)17-18-12-14(6-4-2)13-19-17/h7-10,12-13H,3-6,11H2,1-2H3. The van der Waals surface area contributed by atoms with E-state index in [1.165, 1.54) is 5.56 Å². The van der Waals surface area contributed by atoms with E-state index in [2.05, 4.69) is 23.8 Å². The molecule has 3 nitrogen and oxygen atoms in total. The second kappa shape index (κ2) is 7.63. The van der Waals surface area contributed by atoms with Crippen LogP contribution in [0.1, 0.15) is 38.7 Å². The number of hydrogen-bond acceptors (Lipinski definition) is 3. The number of unbranched alkanes of at least 4 members (excludes halogenated alkanes) is 1. The van der Waals surface area contributed by atoms with Crippen LogP contribution in [0.3, 0.4) is 0 Å². The number of aromatic nitrogens is 2. The SMILES string of the molecule is CCCCOc1ccc(-c2ncc(CCC)cn2)cc1. The van der Waals surface area contributed by atoms with E-state index in [0.717, 1.165) is 49.4 Å². The summed E-state index contributed by atoms with van der Waals surface area (Å²) in [6.45, 7) is 5.09. The second-order valence-corrected chi connectivity index (χ2v) is 4.89. The highest BCUT2D eigenvalue weighted by Crippen LogP contribution is 2.19. The maximum Gasteiger partial charge on any atom is 0.159 e. The van der Waals surface area contributed by atoms with Gasteiger partial charge < -0.3 is 4.74 Å². The minimum atomic E-state index is 0.768. The van der Waals surface area contributed by atoms with Crippen molar-refractivity contribution in [3.63, 3.8) is 0 Å². The van der Waals surface area contributed by atoms with Crippen LogP contribution in [0, 0.1) is 0 Å². The topological polar surface area (TPSA) is 35.0 Å². The first-order valence-electron chi connectivity index (χ1n) is 7.37. The molecule has 0 fully saturated rings. The highest BCUT2D eigenvalue weighted by molar-refractivity contribution is 5.55. The molecule has 0 radical (unpaired) electrons. The molecule has 0 atom stereocenters. The number of nitrogens with zero attached hydrogens (tertiary/aromatic N) is 2. The van der Waals surface area contributed by atoms with Crippen LogP contribution < -0.4 is 4.74 Å². The molecule has 1 aromatic heterocycles. The Morgan fingerprint density at radius 1 is 0.950 bits per heavy atom. The lowest BCUT2D eigenvalue weighted by atomic mass is 10.2. The van der Waals surface area contributed by atoms with Crippen LogP contribution in [0.5, 0.6) is 5.75 Å². The summed E-state index contributed by atoms with van der Waals surface area (Å²) in [7, 11) is 0. The maximum atomic E-state index is 5.65. The molecule has 0 aliphatic carbocycles. The van der Waals surface area contributed by atoms with Gasteiger partial charge in [-0.15, -0.1) is 0 Å². The van der Waals surface area contributed by atoms with Gasteiger partial charge in [0.1, 0.15) is 5.75 Å². The predicted molar refractivity (Wildman–Crippen MR) is 81.9 cm³/mol. The van der Waals surface area contributed by atoms with Gasteiger partial charge in [-0.2, -0.15) is 0 Å². The van der Waals surface area contributed by atoms with Gasteiger partial charge in [-0.1, -0.05) is 26.7 Å². The van der Waals surface area contributed by atoms with E-state index in [4.69, 9.17) is 4.74 Å². The third-order valence-electron chi connectivity index (χ3n) is 3.12. The van der Waals surface area contributed by atoms with E-state index < -0.39 is 0 Å². The lowest BCUT2D eigenvalue weighted by Gasteiger charge is -2.06. The molecule has 0 spiro atoms. The molecular formula is C17H22N2O. The monoisotopic (exact) mass is 270 g/mol. The van der Waals surface area contributed by atoms with E-state index in [9.17, 15) is 0 Å². The minimum Gasteiger partial charge on any atom is -0.494 e. The lowest BCUT2D eigenvalue weighted by molar-refractivity contribution is 0.309. The Hall–Kier alpha value is -1.90. The number of rotatable bonds is 7. The summed E-state index contributed by atoms with van der Waals surface area (Å²) >= 11 is 0. The summed E-state index contributed by atoms with van der Waals surface area (Å²) in [5.41, 5.74) is 2.21. The predicted octanol–water partition coefficient (Wildman–Crippen LogP) is 4.28. The Balaban J connectivity index is 2.01. The van der Waals surface area contributed by atoms with Crippen molar-refractivity contribution < 1.29 is 4.74 Å². The van der Waals surface area contributed by atoms with Crippen LogP contribution in [-0.4, -0.2) is 16.6 Å². The molecule has 20 heavy (non-hydrogen) atoms. The van der Waals surface area contributed by atoms with E-state index in [0.29, 0.717) is 0 Å². The molecule has 1 aromatic carbocycles. The molecule has 106 valence electrons. The number of hydrogen-bond donors (Lipinski definition) is 0. The van der Waals surface area contributed by atoms with Gasteiger partial charge >= 0.3 is 0 Å². The third-order valence-corrected chi connectivity index (χ3v) is 3.12. The van der Waals surface area contributed by atoms with Crippen molar-refractivity contribution in [2.24, 2.45) is 0 Å². The molecule has 0 bridgehead atoms. The van der Waals surface area contributed by atoms with Gasteiger partial charge in [-0.05, 0) is 42.7 Å². The quantitative estimate of drug-likeness (QED) is 0.704. The first-order chi connectivity index (χ1) is 9.83. The van der Waals surface area contributed by atoms with Crippen LogP contribution in [-0.2, 0) is 6.42 Å². The van der Waals surface area contributed by atoms with E-state index >= 15 is 0 Å². The average Bonchev–Trinajstić information content (AvgIpc) is 2.49. The molecular weight excluding hydrogens is 248 g/mol. The number of aryl methyl sites for hydroxylation is 1.